The Kier molecular flexibility index (Phi) is 8.26. The molecule has 0 aliphatic carbocycles. The van der Waals surface area contributed by atoms with Gasteiger partial charge in [-0.3, -0.25) is 0 Å². The zero-order valence-corrected chi connectivity index (χ0v) is 18.4. The predicted molar refractivity (Wildman–Crippen MR) is 106 cm³/mol. The number of nitrogens with one attached hydrogen (secondary N) is 1. The maximum absolute atomic E-state index is 14.3. The maximum atomic E-state index is 14.3. The summed E-state index contributed by atoms with van der Waals surface area (Å²) in [5.41, 5.74) is -0.124. The molecule has 0 saturated heterocycles. The molecule has 0 amide bonds. The minimum atomic E-state index is -4.36. The number of benzene rings is 1. The molecular weight excluding hydrogens is 500 g/mol. The molecule has 0 saturated carbocycles. The van der Waals surface area contributed by atoms with Crippen molar-refractivity contribution >= 4 is 33.5 Å². The first kappa shape index (κ1) is 24.6. The van der Waals surface area contributed by atoms with E-state index in [-0.39, 0.29) is 20.9 Å². The van der Waals surface area contributed by atoms with Gasteiger partial charge in [0.15, 0.2) is 11.6 Å². The second-order valence-electron chi connectivity index (χ2n) is 6.43. The first-order valence-corrected chi connectivity index (χ1v) is 10.4. The summed E-state index contributed by atoms with van der Waals surface area (Å²) < 4.78 is 83.2. The Morgan fingerprint density at radius 3 is 2.47 bits per heavy atom. The van der Waals surface area contributed by atoms with Crippen LogP contribution in [0.2, 0.25) is 0 Å². The third-order valence-electron chi connectivity index (χ3n) is 4.03. The molecule has 2 aromatic rings. The number of thioether (sulfide) groups is 1. The third kappa shape index (κ3) is 6.66. The van der Waals surface area contributed by atoms with Crippen molar-refractivity contribution in [3.63, 3.8) is 0 Å². The normalized spacial score (nSPS) is 14.0. The van der Waals surface area contributed by atoms with Crippen LogP contribution in [0, 0.1) is 12.7 Å². The molecule has 2 rings (SSSR count). The number of ether oxygens (including phenoxy) is 1. The molecule has 0 aliphatic heterocycles. The predicted octanol–water partition coefficient (Wildman–Crippen LogP) is 6.55. The van der Waals surface area contributed by atoms with E-state index in [0.717, 1.165) is 12.4 Å². The highest BCUT2D eigenvalue weighted by atomic mass is 79.9. The van der Waals surface area contributed by atoms with Crippen LogP contribution in [0.15, 0.2) is 27.8 Å². The maximum Gasteiger partial charge on any atom is 0.398 e. The van der Waals surface area contributed by atoms with E-state index in [1.807, 2.05) is 0 Å². The summed E-state index contributed by atoms with van der Waals surface area (Å²) in [5.74, 6) is -1.93. The van der Waals surface area contributed by atoms with Crippen LogP contribution < -0.4 is 10.1 Å². The number of aryl methyl sites for hydroxylation is 1. The summed E-state index contributed by atoms with van der Waals surface area (Å²) in [7, 11) is 0. The van der Waals surface area contributed by atoms with Crippen molar-refractivity contribution in [2.45, 2.75) is 50.4 Å². The number of aromatic nitrogens is 2. The van der Waals surface area contributed by atoms with Gasteiger partial charge < -0.3 is 10.1 Å². The van der Waals surface area contributed by atoms with Gasteiger partial charge in [0.25, 0.3) is 6.43 Å². The zero-order valence-electron chi connectivity index (χ0n) is 16.0. The first-order valence-electron chi connectivity index (χ1n) is 8.60. The molecule has 2 atom stereocenters. The number of rotatable bonds is 8. The molecule has 0 radical (unpaired) electrons. The fourth-order valence-electron chi connectivity index (χ4n) is 2.31. The smallest absolute Gasteiger partial charge is 0.398 e. The number of hydrogen-bond acceptors (Lipinski definition) is 5. The van der Waals surface area contributed by atoms with Crippen molar-refractivity contribution in [1.29, 1.82) is 0 Å². The van der Waals surface area contributed by atoms with Gasteiger partial charge in [-0.1, -0.05) is 0 Å². The standard InChI is InChI=1S/C18H18BrF6N3OS/c1-8-4-11(20)12(5-13(8)30-6-18(23,24)25)29-10(3)9(2)28-17-14(19)15(16(21)22)26-7-27-17/h4-5,7,9-10,16H,6H2,1-3H3,(H,26,27,28). The quantitative estimate of drug-likeness (QED) is 0.318. The SMILES string of the molecule is Cc1cc(F)c(OC(C)C(C)Nc2ncnc(C(F)F)c2Br)cc1SCC(F)(F)F. The van der Waals surface area contributed by atoms with Gasteiger partial charge in [-0.25, -0.2) is 23.1 Å². The fraction of sp³-hybridized carbons (Fsp3) is 0.444. The van der Waals surface area contributed by atoms with E-state index in [1.54, 1.807) is 13.8 Å². The molecule has 166 valence electrons. The van der Waals surface area contributed by atoms with E-state index in [0.29, 0.717) is 17.3 Å². The van der Waals surface area contributed by atoms with Crippen LogP contribution in [-0.4, -0.2) is 34.0 Å². The van der Waals surface area contributed by atoms with Crippen LogP contribution in [0.4, 0.5) is 32.2 Å². The Morgan fingerprint density at radius 2 is 1.87 bits per heavy atom. The second kappa shape index (κ2) is 10.1. The lowest BCUT2D eigenvalue weighted by Gasteiger charge is -2.24. The summed E-state index contributed by atoms with van der Waals surface area (Å²) in [6.45, 7) is 4.77. The van der Waals surface area contributed by atoms with Crippen LogP contribution >= 0.6 is 27.7 Å². The Balaban J connectivity index is 2.13. The van der Waals surface area contributed by atoms with E-state index in [2.05, 4.69) is 31.2 Å². The molecule has 0 aliphatic rings. The second-order valence-corrected chi connectivity index (χ2v) is 8.24. The van der Waals surface area contributed by atoms with Crippen LogP contribution in [0.1, 0.15) is 31.5 Å². The average molecular weight is 518 g/mol. The van der Waals surface area contributed by atoms with Gasteiger partial charge in [0.05, 0.1) is 16.3 Å². The number of alkyl halides is 5. The summed E-state index contributed by atoms with van der Waals surface area (Å²) in [6, 6.07) is 1.81. The minimum absolute atomic E-state index is 0.00796. The van der Waals surface area contributed by atoms with Crippen LogP contribution in [0.5, 0.6) is 5.75 Å². The first-order chi connectivity index (χ1) is 13.9. The molecule has 1 heterocycles. The van der Waals surface area contributed by atoms with Crippen molar-refractivity contribution in [2.75, 3.05) is 11.1 Å². The van der Waals surface area contributed by atoms with Gasteiger partial charge in [0.2, 0.25) is 0 Å². The van der Waals surface area contributed by atoms with Gasteiger partial charge >= 0.3 is 6.18 Å². The Bertz CT molecular complexity index is 884. The molecule has 2 unspecified atom stereocenters. The molecule has 12 heteroatoms. The van der Waals surface area contributed by atoms with Crippen molar-refractivity contribution in [1.82, 2.24) is 9.97 Å². The van der Waals surface area contributed by atoms with Crippen molar-refractivity contribution in [2.24, 2.45) is 0 Å². The molecule has 0 fully saturated rings. The molecule has 30 heavy (non-hydrogen) atoms. The fourth-order valence-corrected chi connectivity index (χ4v) is 3.60. The van der Waals surface area contributed by atoms with E-state index in [9.17, 15) is 26.3 Å². The largest absolute Gasteiger partial charge is 0.485 e. The average Bonchev–Trinajstić information content (AvgIpc) is 2.63. The number of anilines is 1. The van der Waals surface area contributed by atoms with Crippen molar-refractivity contribution in [3.05, 3.63) is 40.0 Å². The summed E-state index contributed by atoms with van der Waals surface area (Å²) in [5, 5.41) is 2.88. The van der Waals surface area contributed by atoms with E-state index < -0.39 is 42.0 Å². The minimum Gasteiger partial charge on any atom is -0.485 e. The summed E-state index contributed by atoms with van der Waals surface area (Å²) in [4.78, 5) is 7.66. The Labute approximate surface area is 181 Å². The van der Waals surface area contributed by atoms with E-state index >= 15 is 0 Å². The lowest BCUT2D eigenvalue weighted by molar-refractivity contribution is -0.105. The molecule has 4 nitrogen and oxygen atoms in total. The van der Waals surface area contributed by atoms with Gasteiger partial charge in [0, 0.05) is 4.90 Å². The highest BCUT2D eigenvalue weighted by molar-refractivity contribution is 9.10. The van der Waals surface area contributed by atoms with Crippen molar-refractivity contribution in [3.8, 4) is 5.75 Å². The Morgan fingerprint density at radius 1 is 1.20 bits per heavy atom. The molecular formula is C18H18BrF6N3OS. The van der Waals surface area contributed by atoms with E-state index in [1.165, 1.54) is 13.0 Å². The van der Waals surface area contributed by atoms with Crippen LogP contribution in [-0.2, 0) is 0 Å². The Hall–Kier alpha value is -1.69. The molecule has 0 spiro atoms. The van der Waals surface area contributed by atoms with Gasteiger partial charge in [0.1, 0.15) is 23.9 Å². The highest BCUT2D eigenvalue weighted by Crippen LogP contribution is 2.34. The number of halogens is 7. The molecule has 0 bridgehead atoms. The summed E-state index contributed by atoms with van der Waals surface area (Å²) >= 11 is 3.57. The molecule has 1 aromatic heterocycles. The van der Waals surface area contributed by atoms with Crippen LogP contribution in [0.25, 0.3) is 0 Å². The van der Waals surface area contributed by atoms with Gasteiger partial charge in [-0.05, 0) is 54.4 Å². The van der Waals surface area contributed by atoms with Gasteiger partial charge in [-0.2, -0.15) is 13.2 Å². The highest BCUT2D eigenvalue weighted by Gasteiger charge is 2.28. The van der Waals surface area contributed by atoms with E-state index in [4.69, 9.17) is 4.74 Å². The van der Waals surface area contributed by atoms with Gasteiger partial charge in [-0.15, -0.1) is 11.8 Å². The monoisotopic (exact) mass is 517 g/mol. The lowest BCUT2D eigenvalue weighted by Crippen LogP contribution is -2.33. The molecule has 1 aromatic carbocycles. The summed E-state index contributed by atoms with van der Waals surface area (Å²) in [6.07, 6.45) is -6.86. The number of hydrogen-bond donors (Lipinski definition) is 1. The topological polar surface area (TPSA) is 47.0 Å². The molecule has 1 N–H and O–H groups in total. The third-order valence-corrected chi connectivity index (χ3v) is 6.03. The lowest BCUT2D eigenvalue weighted by atomic mass is 10.2. The number of nitrogens with zero attached hydrogens (tertiary/aromatic N) is 2. The van der Waals surface area contributed by atoms with Crippen LogP contribution in [0.3, 0.4) is 0 Å². The zero-order chi connectivity index (χ0) is 22.6. The van der Waals surface area contributed by atoms with Crippen molar-refractivity contribution < 1.29 is 31.1 Å².